The predicted octanol–water partition coefficient (Wildman–Crippen LogP) is 0.763. The Morgan fingerprint density at radius 2 is 1.47 bits per heavy atom. The zero-order valence-corrected chi connectivity index (χ0v) is 12.4. The van der Waals surface area contributed by atoms with Gasteiger partial charge in [-0.3, -0.25) is 9.59 Å². The van der Waals surface area contributed by atoms with Crippen LogP contribution >= 0.6 is 0 Å². The van der Waals surface area contributed by atoms with E-state index in [9.17, 15) is 14.4 Å². The van der Waals surface area contributed by atoms with Gasteiger partial charge in [-0.25, -0.2) is 4.79 Å². The van der Waals surface area contributed by atoms with Crippen molar-refractivity contribution < 1.29 is 19.5 Å². The van der Waals surface area contributed by atoms with Crippen LogP contribution in [-0.4, -0.2) is 35.0 Å². The summed E-state index contributed by atoms with van der Waals surface area (Å²) in [5.41, 5.74) is -0.598. The summed E-state index contributed by atoms with van der Waals surface area (Å²) >= 11 is 0. The van der Waals surface area contributed by atoms with E-state index in [0.29, 0.717) is 0 Å². The quantitative estimate of drug-likeness (QED) is 0.688. The second-order valence-corrected chi connectivity index (χ2v) is 6.01. The van der Waals surface area contributed by atoms with Gasteiger partial charge < -0.3 is 15.7 Å². The van der Waals surface area contributed by atoms with Gasteiger partial charge in [0.05, 0.1) is 0 Å². The first kappa shape index (κ1) is 17.4. The van der Waals surface area contributed by atoms with Crippen molar-refractivity contribution in [3.05, 3.63) is 0 Å². The molecule has 0 heterocycles. The molecule has 0 aromatic rings. The molecule has 0 radical (unpaired) electrons. The van der Waals surface area contributed by atoms with Crippen LogP contribution in [0.3, 0.4) is 0 Å². The number of carboxylic acids is 1. The number of aliphatic carboxylic acids is 1. The van der Waals surface area contributed by atoms with Gasteiger partial charge in [-0.1, -0.05) is 34.6 Å². The molecular weight excluding hydrogens is 248 g/mol. The Morgan fingerprint density at radius 1 is 1.00 bits per heavy atom. The molecular formula is C13H24N2O4. The van der Waals surface area contributed by atoms with Crippen molar-refractivity contribution in [3.63, 3.8) is 0 Å². The number of amides is 2. The molecule has 0 aromatic carbocycles. The second kappa shape index (κ2) is 6.54. The molecule has 0 saturated heterocycles. The number of hydrogen-bond acceptors (Lipinski definition) is 3. The van der Waals surface area contributed by atoms with Gasteiger partial charge >= 0.3 is 5.97 Å². The highest BCUT2D eigenvalue weighted by molar-refractivity contribution is 5.91. The number of carboxylic acid groups (broad SMARTS) is 1. The molecule has 0 rings (SSSR count). The third kappa shape index (κ3) is 5.72. The van der Waals surface area contributed by atoms with Crippen LogP contribution in [0.25, 0.3) is 0 Å². The highest BCUT2D eigenvalue weighted by Crippen LogP contribution is 2.12. The van der Waals surface area contributed by atoms with Gasteiger partial charge in [0, 0.05) is 5.41 Å². The number of hydrogen-bond donors (Lipinski definition) is 3. The van der Waals surface area contributed by atoms with E-state index >= 15 is 0 Å². The first-order valence-corrected chi connectivity index (χ1v) is 6.31. The number of carbonyl (C=O) groups is 3. The summed E-state index contributed by atoms with van der Waals surface area (Å²) in [7, 11) is 0. The van der Waals surface area contributed by atoms with Crippen LogP contribution in [0.4, 0.5) is 0 Å². The van der Waals surface area contributed by atoms with Crippen molar-refractivity contribution in [3.8, 4) is 0 Å². The van der Waals surface area contributed by atoms with Crippen molar-refractivity contribution in [1.29, 1.82) is 0 Å². The van der Waals surface area contributed by atoms with Crippen molar-refractivity contribution >= 4 is 17.8 Å². The minimum absolute atomic E-state index is 0.230. The molecule has 2 amide bonds. The fourth-order valence-corrected chi connectivity index (χ4v) is 1.27. The van der Waals surface area contributed by atoms with Gasteiger partial charge in [0.15, 0.2) is 0 Å². The smallest absolute Gasteiger partial charge is 0.326 e. The minimum atomic E-state index is -1.09. The molecule has 3 N–H and O–H groups in total. The largest absolute Gasteiger partial charge is 0.480 e. The SMILES string of the molecule is CC(NC(=O)C(C)(C)C)C(=O)N[C@H](C(=O)O)C(C)C. The third-order valence-corrected chi connectivity index (χ3v) is 2.65. The molecule has 6 nitrogen and oxygen atoms in total. The Morgan fingerprint density at radius 3 is 1.79 bits per heavy atom. The van der Waals surface area contributed by atoms with Gasteiger partial charge in [0.2, 0.25) is 11.8 Å². The van der Waals surface area contributed by atoms with E-state index in [4.69, 9.17) is 5.11 Å². The zero-order valence-electron chi connectivity index (χ0n) is 12.4. The summed E-state index contributed by atoms with van der Waals surface area (Å²) in [5.74, 6) is -2.07. The lowest BCUT2D eigenvalue weighted by Crippen LogP contribution is -2.53. The Hall–Kier alpha value is -1.59. The zero-order chi connectivity index (χ0) is 15.4. The number of nitrogens with one attached hydrogen (secondary N) is 2. The first-order chi connectivity index (χ1) is 8.46. The lowest BCUT2D eigenvalue weighted by molar-refractivity contribution is -0.143. The lowest BCUT2D eigenvalue weighted by atomic mass is 9.95. The summed E-state index contributed by atoms with van der Waals surface area (Å²) < 4.78 is 0. The molecule has 19 heavy (non-hydrogen) atoms. The molecule has 0 aliphatic heterocycles. The van der Waals surface area contributed by atoms with Gasteiger partial charge in [0.1, 0.15) is 12.1 Å². The molecule has 0 spiro atoms. The molecule has 2 atom stereocenters. The van der Waals surface area contributed by atoms with E-state index in [-0.39, 0.29) is 11.8 Å². The van der Waals surface area contributed by atoms with Crippen LogP contribution in [0.2, 0.25) is 0 Å². The number of rotatable bonds is 5. The van der Waals surface area contributed by atoms with Crippen LogP contribution < -0.4 is 10.6 Å². The summed E-state index contributed by atoms with van der Waals surface area (Å²) in [6.07, 6.45) is 0. The third-order valence-electron chi connectivity index (χ3n) is 2.65. The number of carbonyl (C=O) groups excluding carboxylic acids is 2. The Balaban J connectivity index is 4.58. The first-order valence-electron chi connectivity index (χ1n) is 6.31. The molecule has 1 unspecified atom stereocenters. The molecule has 0 fully saturated rings. The monoisotopic (exact) mass is 272 g/mol. The molecule has 110 valence electrons. The highest BCUT2D eigenvalue weighted by Gasteiger charge is 2.28. The van der Waals surface area contributed by atoms with Crippen LogP contribution in [-0.2, 0) is 14.4 Å². The van der Waals surface area contributed by atoms with E-state index in [0.717, 1.165) is 0 Å². The maximum Gasteiger partial charge on any atom is 0.326 e. The fourth-order valence-electron chi connectivity index (χ4n) is 1.27. The molecule has 6 heteroatoms. The van der Waals surface area contributed by atoms with Crippen molar-refractivity contribution in [2.24, 2.45) is 11.3 Å². The molecule has 0 bridgehead atoms. The Bertz CT molecular complexity index is 358. The standard InChI is InChI=1S/C13H24N2O4/c1-7(2)9(11(17)18)15-10(16)8(3)14-12(19)13(4,5)6/h7-9H,1-6H3,(H,14,19)(H,15,16)(H,17,18)/t8?,9-/m0/s1. The van der Waals surface area contributed by atoms with Crippen molar-refractivity contribution in [1.82, 2.24) is 10.6 Å². The van der Waals surface area contributed by atoms with Crippen molar-refractivity contribution in [2.75, 3.05) is 0 Å². The van der Waals surface area contributed by atoms with Crippen LogP contribution in [0.15, 0.2) is 0 Å². The Kier molecular flexibility index (Phi) is 5.99. The van der Waals surface area contributed by atoms with E-state index in [1.54, 1.807) is 34.6 Å². The minimum Gasteiger partial charge on any atom is -0.480 e. The van der Waals surface area contributed by atoms with Gasteiger partial charge in [-0.05, 0) is 12.8 Å². The second-order valence-electron chi connectivity index (χ2n) is 6.01. The predicted molar refractivity (Wildman–Crippen MR) is 71.5 cm³/mol. The van der Waals surface area contributed by atoms with E-state index < -0.39 is 29.4 Å². The van der Waals surface area contributed by atoms with Crippen LogP contribution in [0.1, 0.15) is 41.5 Å². The van der Waals surface area contributed by atoms with E-state index in [1.807, 2.05) is 0 Å². The van der Waals surface area contributed by atoms with Crippen LogP contribution in [0, 0.1) is 11.3 Å². The van der Waals surface area contributed by atoms with Gasteiger partial charge in [-0.2, -0.15) is 0 Å². The summed E-state index contributed by atoms with van der Waals surface area (Å²) in [6.45, 7) is 10.1. The molecule has 0 aliphatic rings. The molecule has 0 saturated carbocycles. The lowest BCUT2D eigenvalue weighted by Gasteiger charge is -2.24. The van der Waals surface area contributed by atoms with Gasteiger partial charge in [-0.15, -0.1) is 0 Å². The summed E-state index contributed by atoms with van der Waals surface area (Å²) in [5, 5.41) is 14.0. The van der Waals surface area contributed by atoms with E-state index in [1.165, 1.54) is 6.92 Å². The normalized spacial score (nSPS) is 14.7. The molecule has 0 aromatic heterocycles. The molecule has 0 aliphatic carbocycles. The topological polar surface area (TPSA) is 95.5 Å². The fraction of sp³-hybridized carbons (Fsp3) is 0.769. The van der Waals surface area contributed by atoms with E-state index in [2.05, 4.69) is 10.6 Å². The Labute approximate surface area is 113 Å². The van der Waals surface area contributed by atoms with Gasteiger partial charge in [0.25, 0.3) is 0 Å². The van der Waals surface area contributed by atoms with Crippen molar-refractivity contribution in [2.45, 2.75) is 53.6 Å². The highest BCUT2D eigenvalue weighted by atomic mass is 16.4. The summed E-state index contributed by atoms with van der Waals surface area (Å²) in [4.78, 5) is 34.5. The average molecular weight is 272 g/mol. The summed E-state index contributed by atoms with van der Waals surface area (Å²) in [6, 6.07) is -1.73. The van der Waals surface area contributed by atoms with Crippen LogP contribution in [0.5, 0.6) is 0 Å². The maximum absolute atomic E-state index is 11.8. The average Bonchev–Trinajstić information content (AvgIpc) is 2.22. The maximum atomic E-state index is 11.8.